The number of aliphatic carboxylic acids is 1. The van der Waals surface area contributed by atoms with Crippen molar-refractivity contribution in [3.8, 4) is 0 Å². The second-order valence-electron chi connectivity index (χ2n) is 7.85. The van der Waals surface area contributed by atoms with Crippen LogP contribution in [0.15, 0.2) is 0 Å². The van der Waals surface area contributed by atoms with E-state index < -0.39 is 82.5 Å². The van der Waals surface area contributed by atoms with Crippen molar-refractivity contribution in [2.24, 2.45) is 5.92 Å². The minimum absolute atomic E-state index is 0. The molecule has 0 saturated heterocycles. The standard InChI is InChI=1S/C18H25F9O7S.Na/c1-3-5-6-10(4-2)7-11(34-14(30)12(8-13(28)29)35(31,32)33)9-15(19,20)16(21,22)17(23,24)18(25,26)27;/h10-12H,3-9H2,1-2H3,(H,28,29)(H,31,32,33);/q;+1/p-1. The molecule has 0 spiro atoms. The van der Waals surface area contributed by atoms with Crippen LogP contribution < -0.4 is 34.7 Å². The summed E-state index contributed by atoms with van der Waals surface area (Å²) in [6.45, 7) is 3.18. The fourth-order valence-corrected chi connectivity index (χ4v) is 3.70. The number of alkyl halides is 9. The maximum Gasteiger partial charge on any atom is 1.00 e. The molecule has 0 heterocycles. The van der Waals surface area contributed by atoms with Crippen LogP contribution in [-0.4, -0.2) is 60.2 Å². The molecule has 0 amide bonds. The zero-order chi connectivity index (χ0) is 28.0. The molecule has 7 nitrogen and oxygen atoms in total. The van der Waals surface area contributed by atoms with Crippen LogP contribution in [0.25, 0.3) is 0 Å². The molecule has 0 fully saturated rings. The van der Waals surface area contributed by atoms with Gasteiger partial charge in [-0.15, -0.1) is 0 Å². The molecule has 0 aromatic carbocycles. The van der Waals surface area contributed by atoms with Crippen molar-refractivity contribution >= 4 is 22.1 Å². The van der Waals surface area contributed by atoms with Gasteiger partial charge in [0, 0.05) is 12.4 Å². The van der Waals surface area contributed by atoms with E-state index in [2.05, 4.69) is 4.74 Å². The van der Waals surface area contributed by atoms with E-state index in [1.54, 1.807) is 6.92 Å². The molecule has 0 rings (SSSR count). The minimum Gasteiger partial charge on any atom is -0.550 e. The summed E-state index contributed by atoms with van der Waals surface area (Å²) < 4.78 is 155. The van der Waals surface area contributed by atoms with Crippen LogP contribution in [0.3, 0.4) is 0 Å². The molecular weight excluding hydrogens is 554 g/mol. The molecule has 0 aliphatic rings. The van der Waals surface area contributed by atoms with E-state index in [-0.39, 0.29) is 42.4 Å². The monoisotopic (exact) mass is 578 g/mol. The minimum atomic E-state index is -7.20. The quantitative estimate of drug-likeness (QED) is 0.132. The molecule has 0 aliphatic carbocycles. The smallest absolute Gasteiger partial charge is 0.550 e. The number of carboxylic acids is 1. The third kappa shape index (κ3) is 9.83. The van der Waals surface area contributed by atoms with Gasteiger partial charge < -0.3 is 14.6 Å². The van der Waals surface area contributed by atoms with Crippen LogP contribution in [0.1, 0.15) is 58.8 Å². The van der Waals surface area contributed by atoms with Gasteiger partial charge in [0.1, 0.15) is 6.10 Å². The van der Waals surface area contributed by atoms with Gasteiger partial charge in [0.25, 0.3) is 10.1 Å². The molecule has 3 unspecified atom stereocenters. The summed E-state index contributed by atoms with van der Waals surface area (Å²) in [6.07, 6.45) is -13.5. The summed E-state index contributed by atoms with van der Waals surface area (Å²) in [5, 5.41) is 7.69. The maximum absolute atomic E-state index is 14.2. The van der Waals surface area contributed by atoms with Crippen LogP contribution in [0.5, 0.6) is 0 Å². The van der Waals surface area contributed by atoms with E-state index in [1.807, 2.05) is 0 Å². The Morgan fingerprint density at radius 1 is 0.972 bits per heavy atom. The third-order valence-electron chi connectivity index (χ3n) is 5.09. The van der Waals surface area contributed by atoms with E-state index in [0.717, 1.165) is 0 Å². The summed E-state index contributed by atoms with van der Waals surface area (Å²) in [6, 6.07) is 0. The van der Waals surface area contributed by atoms with Crippen LogP contribution in [0, 0.1) is 5.92 Å². The van der Waals surface area contributed by atoms with Crippen LogP contribution in [0.4, 0.5) is 39.5 Å². The van der Waals surface area contributed by atoms with Gasteiger partial charge in [-0.05, 0) is 12.3 Å². The molecule has 0 aromatic rings. The van der Waals surface area contributed by atoms with E-state index in [9.17, 15) is 62.6 Å². The third-order valence-corrected chi connectivity index (χ3v) is 6.17. The largest absolute Gasteiger partial charge is 1.00 e. The molecule has 18 heteroatoms. The number of ether oxygens (including phenoxy) is 1. The zero-order valence-electron chi connectivity index (χ0n) is 19.4. The van der Waals surface area contributed by atoms with Gasteiger partial charge >= 0.3 is 59.5 Å². The van der Waals surface area contributed by atoms with E-state index in [4.69, 9.17) is 4.55 Å². The number of carbonyl (C=O) groups is 2. The van der Waals surface area contributed by atoms with Crippen molar-refractivity contribution in [3.05, 3.63) is 0 Å². The van der Waals surface area contributed by atoms with E-state index in [0.29, 0.717) is 12.8 Å². The number of carbonyl (C=O) groups excluding carboxylic acids is 2. The van der Waals surface area contributed by atoms with Crippen molar-refractivity contribution < 1.29 is 101 Å². The van der Waals surface area contributed by atoms with Crippen molar-refractivity contribution in [2.45, 2.75) is 94.1 Å². The Labute approximate surface area is 223 Å². The topological polar surface area (TPSA) is 121 Å². The molecular formula is C18H24F9NaO7S. The number of hydrogen-bond donors (Lipinski definition) is 1. The first-order chi connectivity index (χ1) is 15.5. The molecule has 208 valence electrons. The fraction of sp³-hybridized carbons (Fsp3) is 0.889. The van der Waals surface area contributed by atoms with Gasteiger partial charge in [-0.2, -0.15) is 47.9 Å². The number of carboxylic acid groups (broad SMARTS) is 1. The number of halogens is 9. The predicted molar refractivity (Wildman–Crippen MR) is 98.3 cm³/mol. The van der Waals surface area contributed by atoms with Gasteiger partial charge in [0.2, 0.25) is 0 Å². The molecule has 0 aromatic heterocycles. The SMILES string of the molecule is CCCCC(CC)CC(CC(F)(F)C(F)(F)C(F)(F)C(F)(F)F)OC(=O)C(CC(=O)[O-])S(=O)(=O)O.[Na+]. The Morgan fingerprint density at radius 3 is 1.83 bits per heavy atom. The van der Waals surface area contributed by atoms with Crippen molar-refractivity contribution in [1.82, 2.24) is 0 Å². The Bertz CT molecular complexity index is 835. The fourth-order valence-electron chi connectivity index (χ4n) is 3.05. The zero-order valence-corrected chi connectivity index (χ0v) is 22.2. The maximum atomic E-state index is 14.2. The van der Waals surface area contributed by atoms with Gasteiger partial charge in [-0.25, -0.2) is 0 Å². The summed E-state index contributed by atoms with van der Waals surface area (Å²) in [7, 11) is -5.57. The molecule has 0 saturated carbocycles. The molecule has 0 bridgehead atoms. The predicted octanol–water partition coefficient (Wildman–Crippen LogP) is 0.763. The number of unbranched alkanes of at least 4 members (excludes halogenated alkanes) is 1. The van der Waals surface area contributed by atoms with E-state index >= 15 is 0 Å². The van der Waals surface area contributed by atoms with Crippen LogP contribution >= 0.6 is 0 Å². The van der Waals surface area contributed by atoms with Crippen LogP contribution in [0.2, 0.25) is 0 Å². The first-order valence-corrected chi connectivity index (χ1v) is 11.6. The summed E-state index contributed by atoms with van der Waals surface area (Å²) in [4.78, 5) is 22.7. The van der Waals surface area contributed by atoms with Gasteiger partial charge in [0.05, 0.1) is 6.42 Å². The average Bonchev–Trinajstić information content (AvgIpc) is 2.66. The average molecular weight is 578 g/mol. The number of hydrogen-bond acceptors (Lipinski definition) is 6. The first-order valence-electron chi connectivity index (χ1n) is 10.1. The van der Waals surface area contributed by atoms with Gasteiger partial charge in [0.15, 0.2) is 5.25 Å². The Kier molecular flexibility index (Phi) is 14.4. The first kappa shape index (κ1) is 37.4. The van der Waals surface area contributed by atoms with Crippen molar-refractivity contribution in [2.75, 3.05) is 0 Å². The summed E-state index contributed by atoms with van der Waals surface area (Å²) in [5.41, 5.74) is 0. The second kappa shape index (κ2) is 13.8. The Balaban J connectivity index is 0. The van der Waals surface area contributed by atoms with Crippen molar-refractivity contribution in [1.29, 1.82) is 0 Å². The van der Waals surface area contributed by atoms with Gasteiger partial charge in [-0.3, -0.25) is 9.35 Å². The molecule has 3 atom stereocenters. The molecule has 0 radical (unpaired) electrons. The van der Waals surface area contributed by atoms with E-state index in [1.165, 1.54) is 6.92 Å². The summed E-state index contributed by atoms with van der Waals surface area (Å²) in [5.74, 6) is -25.5. The number of esters is 1. The second-order valence-corrected chi connectivity index (χ2v) is 9.44. The van der Waals surface area contributed by atoms with Crippen molar-refractivity contribution in [3.63, 3.8) is 0 Å². The molecule has 1 N–H and O–H groups in total. The Hall–Kier alpha value is -0.780. The van der Waals surface area contributed by atoms with Crippen LogP contribution in [-0.2, 0) is 24.4 Å². The molecule has 0 aliphatic heterocycles. The number of rotatable bonds is 15. The molecule has 36 heavy (non-hydrogen) atoms. The summed E-state index contributed by atoms with van der Waals surface area (Å²) >= 11 is 0. The Morgan fingerprint density at radius 2 is 1.47 bits per heavy atom. The van der Waals surface area contributed by atoms with Gasteiger partial charge in [-0.1, -0.05) is 39.5 Å². The normalized spacial score (nSPS) is 16.0.